The summed E-state index contributed by atoms with van der Waals surface area (Å²) in [5.74, 6) is 0. The van der Waals surface area contributed by atoms with Crippen molar-refractivity contribution in [1.29, 1.82) is 0 Å². The average molecular weight is 203 g/mol. The molecule has 1 heteroatoms. The second-order valence-electron chi connectivity index (χ2n) is 4.43. The van der Waals surface area contributed by atoms with Gasteiger partial charge in [0.15, 0.2) is 0 Å². The summed E-state index contributed by atoms with van der Waals surface area (Å²) in [6.07, 6.45) is 4.86. The van der Waals surface area contributed by atoms with Crippen LogP contribution in [0.15, 0.2) is 18.2 Å². The molecule has 1 aromatic rings. The molecule has 0 bridgehead atoms. The van der Waals surface area contributed by atoms with Gasteiger partial charge >= 0.3 is 0 Å². The van der Waals surface area contributed by atoms with Crippen LogP contribution in [0.1, 0.15) is 49.4 Å². The fourth-order valence-corrected chi connectivity index (χ4v) is 2.45. The lowest BCUT2D eigenvalue weighted by molar-refractivity contribution is 0.470. The van der Waals surface area contributed by atoms with E-state index >= 15 is 0 Å². The molecule has 15 heavy (non-hydrogen) atoms. The van der Waals surface area contributed by atoms with Crippen LogP contribution in [0, 0.1) is 0 Å². The van der Waals surface area contributed by atoms with Crippen molar-refractivity contribution in [2.24, 2.45) is 0 Å². The van der Waals surface area contributed by atoms with Gasteiger partial charge in [-0.2, -0.15) is 0 Å². The van der Waals surface area contributed by atoms with E-state index in [1.165, 1.54) is 24.8 Å². The van der Waals surface area contributed by atoms with Crippen molar-refractivity contribution in [2.45, 2.75) is 45.6 Å². The molecule has 0 fully saturated rings. The second-order valence-corrected chi connectivity index (χ2v) is 4.43. The summed E-state index contributed by atoms with van der Waals surface area (Å²) in [6.45, 7) is 5.63. The molecule has 1 heterocycles. The molecule has 1 N–H and O–H groups in total. The molecule has 0 radical (unpaired) electrons. The molecule has 0 amide bonds. The molecular weight excluding hydrogens is 182 g/mol. The highest BCUT2D eigenvalue weighted by Crippen LogP contribution is 2.27. The van der Waals surface area contributed by atoms with Gasteiger partial charge in [-0.25, -0.2) is 0 Å². The van der Waals surface area contributed by atoms with E-state index in [2.05, 4.69) is 37.4 Å². The van der Waals surface area contributed by atoms with E-state index in [1.54, 1.807) is 11.1 Å². The number of hydrogen-bond acceptors (Lipinski definition) is 1. The quantitative estimate of drug-likeness (QED) is 0.795. The summed E-state index contributed by atoms with van der Waals surface area (Å²) in [6, 6.07) is 7.62. The predicted octanol–water partition coefficient (Wildman–Crippen LogP) is 3.24. The molecule has 0 spiro atoms. The highest BCUT2D eigenvalue weighted by atomic mass is 14.9. The van der Waals surface area contributed by atoms with Crippen LogP contribution in [0.3, 0.4) is 0 Å². The van der Waals surface area contributed by atoms with Crippen molar-refractivity contribution in [3.63, 3.8) is 0 Å². The van der Waals surface area contributed by atoms with E-state index in [1.807, 2.05) is 0 Å². The topological polar surface area (TPSA) is 12.0 Å². The third kappa shape index (κ3) is 2.23. The van der Waals surface area contributed by atoms with E-state index in [0.29, 0.717) is 6.04 Å². The summed E-state index contributed by atoms with van der Waals surface area (Å²) in [5.41, 5.74) is 4.59. The normalized spacial score (nSPS) is 20.0. The first-order valence-corrected chi connectivity index (χ1v) is 6.20. The summed E-state index contributed by atoms with van der Waals surface area (Å²) in [7, 11) is 0. The van der Waals surface area contributed by atoms with E-state index in [4.69, 9.17) is 0 Å². The molecule has 0 saturated carbocycles. The average Bonchev–Trinajstić information content (AvgIpc) is 2.29. The van der Waals surface area contributed by atoms with Crippen LogP contribution in [0.5, 0.6) is 0 Å². The number of benzene rings is 1. The Kier molecular flexibility index (Phi) is 3.42. The van der Waals surface area contributed by atoms with Crippen LogP contribution >= 0.6 is 0 Å². The Labute approximate surface area is 92.9 Å². The first-order chi connectivity index (χ1) is 7.35. The molecule has 82 valence electrons. The maximum atomic E-state index is 3.63. The molecule has 1 atom stereocenters. The van der Waals surface area contributed by atoms with Crippen LogP contribution < -0.4 is 5.32 Å². The molecule has 0 aromatic heterocycles. The lowest BCUT2D eigenvalue weighted by Gasteiger charge is -2.27. The van der Waals surface area contributed by atoms with Crippen LogP contribution in [-0.4, -0.2) is 6.54 Å². The third-order valence-electron chi connectivity index (χ3n) is 3.36. The van der Waals surface area contributed by atoms with Gasteiger partial charge in [-0.3, -0.25) is 0 Å². The highest BCUT2D eigenvalue weighted by Gasteiger charge is 2.18. The van der Waals surface area contributed by atoms with Gasteiger partial charge < -0.3 is 5.32 Å². The Balaban J connectivity index is 2.30. The Morgan fingerprint density at radius 2 is 2.20 bits per heavy atom. The van der Waals surface area contributed by atoms with Crippen molar-refractivity contribution in [3.8, 4) is 0 Å². The fraction of sp³-hybridized carbons (Fsp3) is 0.571. The van der Waals surface area contributed by atoms with Crippen molar-refractivity contribution in [3.05, 3.63) is 34.9 Å². The van der Waals surface area contributed by atoms with Crippen LogP contribution in [0.4, 0.5) is 0 Å². The monoisotopic (exact) mass is 203 g/mol. The number of aryl methyl sites for hydroxylation is 1. The van der Waals surface area contributed by atoms with Gasteiger partial charge in [0.25, 0.3) is 0 Å². The Morgan fingerprint density at radius 3 is 2.93 bits per heavy atom. The van der Waals surface area contributed by atoms with Gasteiger partial charge in [0.05, 0.1) is 0 Å². The largest absolute Gasteiger partial charge is 0.310 e. The molecular formula is C14H21N. The Morgan fingerprint density at radius 1 is 1.33 bits per heavy atom. The standard InChI is InChI=1S/C14H21N/c1-3-5-14-13-10-11(4-2)6-7-12(13)8-9-15-14/h6-7,10,14-15H,3-5,8-9H2,1-2H3. The van der Waals surface area contributed by atoms with Crippen molar-refractivity contribution in [1.82, 2.24) is 5.32 Å². The highest BCUT2D eigenvalue weighted by molar-refractivity contribution is 5.36. The zero-order valence-electron chi connectivity index (χ0n) is 9.84. The zero-order valence-corrected chi connectivity index (χ0v) is 9.84. The summed E-state index contributed by atoms with van der Waals surface area (Å²) >= 11 is 0. The van der Waals surface area contributed by atoms with Gasteiger partial charge in [-0.1, -0.05) is 38.5 Å². The van der Waals surface area contributed by atoms with E-state index < -0.39 is 0 Å². The Hall–Kier alpha value is -0.820. The molecule has 1 unspecified atom stereocenters. The fourth-order valence-electron chi connectivity index (χ4n) is 2.45. The molecule has 0 saturated heterocycles. The minimum Gasteiger partial charge on any atom is -0.310 e. The number of rotatable bonds is 3. The smallest absolute Gasteiger partial charge is 0.0323 e. The summed E-state index contributed by atoms with van der Waals surface area (Å²) < 4.78 is 0. The number of hydrogen-bond donors (Lipinski definition) is 1. The molecule has 1 aliphatic rings. The zero-order chi connectivity index (χ0) is 10.7. The predicted molar refractivity (Wildman–Crippen MR) is 65.2 cm³/mol. The van der Waals surface area contributed by atoms with Gasteiger partial charge in [0.1, 0.15) is 0 Å². The lowest BCUT2D eigenvalue weighted by Crippen LogP contribution is -2.29. The minimum atomic E-state index is 0.602. The van der Waals surface area contributed by atoms with Gasteiger partial charge in [-0.15, -0.1) is 0 Å². The van der Waals surface area contributed by atoms with E-state index in [-0.39, 0.29) is 0 Å². The van der Waals surface area contributed by atoms with Gasteiger partial charge in [0.2, 0.25) is 0 Å². The molecule has 2 rings (SSSR count). The second kappa shape index (κ2) is 4.80. The number of fused-ring (bicyclic) bond motifs is 1. The van der Waals surface area contributed by atoms with Crippen molar-refractivity contribution in [2.75, 3.05) is 6.54 Å². The van der Waals surface area contributed by atoms with Crippen molar-refractivity contribution < 1.29 is 0 Å². The van der Waals surface area contributed by atoms with Crippen LogP contribution in [0.25, 0.3) is 0 Å². The van der Waals surface area contributed by atoms with Crippen LogP contribution in [-0.2, 0) is 12.8 Å². The maximum Gasteiger partial charge on any atom is 0.0323 e. The van der Waals surface area contributed by atoms with Crippen molar-refractivity contribution >= 4 is 0 Å². The van der Waals surface area contributed by atoms with E-state index in [0.717, 1.165) is 13.0 Å². The number of nitrogens with one attached hydrogen (secondary N) is 1. The molecule has 0 aliphatic carbocycles. The SMILES string of the molecule is CCCC1NCCc2ccc(CC)cc21. The summed E-state index contributed by atoms with van der Waals surface area (Å²) in [4.78, 5) is 0. The molecule has 1 aliphatic heterocycles. The van der Waals surface area contributed by atoms with Gasteiger partial charge in [0, 0.05) is 6.04 Å². The van der Waals surface area contributed by atoms with E-state index in [9.17, 15) is 0 Å². The first-order valence-electron chi connectivity index (χ1n) is 6.20. The molecule has 1 aromatic carbocycles. The maximum absolute atomic E-state index is 3.63. The first kappa shape index (κ1) is 10.7. The third-order valence-corrected chi connectivity index (χ3v) is 3.36. The lowest BCUT2D eigenvalue weighted by atomic mass is 9.90. The van der Waals surface area contributed by atoms with Gasteiger partial charge in [-0.05, 0) is 42.5 Å². The Bertz CT molecular complexity index is 330. The molecule has 1 nitrogen and oxygen atoms in total. The summed E-state index contributed by atoms with van der Waals surface area (Å²) in [5, 5.41) is 3.63. The van der Waals surface area contributed by atoms with Crippen LogP contribution in [0.2, 0.25) is 0 Å². The minimum absolute atomic E-state index is 0.602.